The Bertz CT molecular complexity index is 859. The van der Waals surface area contributed by atoms with Crippen molar-refractivity contribution >= 4 is 23.1 Å². The van der Waals surface area contributed by atoms with E-state index in [9.17, 15) is 4.79 Å². The molecule has 0 aliphatic rings. The van der Waals surface area contributed by atoms with Gasteiger partial charge < -0.3 is 4.74 Å². The molecule has 0 saturated heterocycles. The summed E-state index contributed by atoms with van der Waals surface area (Å²) in [6, 6.07) is 28.2. The number of rotatable bonds is 7. The van der Waals surface area contributed by atoms with Crippen LogP contribution in [-0.2, 0) is 4.79 Å². The highest BCUT2D eigenvalue weighted by Crippen LogP contribution is 2.35. The minimum absolute atomic E-state index is 0.127. The fraction of sp³-hybridized carbons (Fsp3) is 0.125. The van der Waals surface area contributed by atoms with Crippen LogP contribution < -0.4 is 4.74 Å². The van der Waals surface area contributed by atoms with Crippen molar-refractivity contribution in [3.8, 4) is 5.75 Å². The van der Waals surface area contributed by atoms with E-state index in [-0.39, 0.29) is 11.0 Å². The van der Waals surface area contributed by atoms with Gasteiger partial charge in [-0.25, -0.2) is 0 Å². The Morgan fingerprint density at radius 1 is 0.852 bits per heavy atom. The third-order valence-corrected chi connectivity index (χ3v) is 5.53. The zero-order valence-electron chi connectivity index (χ0n) is 15.5. The second-order valence-electron chi connectivity index (χ2n) is 6.16. The first-order valence-corrected chi connectivity index (χ1v) is 9.74. The lowest BCUT2D eigenvalue weighted by Gasteiger charge is -2.14. The number of hydrogen-bond donors (Lipinski definition) is 0. The summed E-state index contributed by atoms with van der Waals surface area (Å²) < 4.78 is 5.22. The molecule has 0 fully saturated rings. The van der Waals surface area contributed by atoms with Gasteiger partial charge >= 0.3 is 0 Å². The Balaban J connectivity index is 1.94. The monoisotopic (exact) mass is 374 g/mol. The lowest BCUT2D eigenvalue weighted by atomic mass is 10.00. The Labute approximate surface area is 164 Å². The molecule has 27 heavy (non-hydrogen) atoms. The fourth-order valence-electron chi connectivity index (χ4n) is 2.86. The maximum absolute atomic E-state index is 12.3. The van der Waals surface area contributed by atoms with Gasteiger partial charge in [0.25, 0.3) is 0 Å². The number of carbonyl (C=O) groups excluding carboxylic acids is 1. The van der Waals surface area contributed by atoms with Gasteiger partial charge in [0.2, 0.25) is 0 Å². The standard InChI is InChI=1S/C24H22O2S/c1-18(25)24(21-13-15-22(26-2)16-14-21)27-17-23(19-9-5-3-6-10-19)20-11-7-4-8-12-20/h3-17,24H,1-2H3. The van der Waals surface area contributed by atoms with Crippen molar-refractivity contribution < 1.29 is 9.53 Å². The van der Waals surface area contributed by atoms with Crippen LogP contribution in [0.3, 0.4) is 0 Å². The van der Waals surface area contributed by atoms with Crippen LogP contribution in [0.25, 0.3) is 5.57 Å². The molecular formula is C24H22O2S. The van der Waals surface area contributed by atoms with E-state index >= 15 is 0 Å². The summed E-state index contributed by atoms with van der Waals surface area (Å²) >= 11 is 1.54. The highest BCUT2D eigenvalue weighted by Gasteiger charge is 2.17. The van der Waals surface area contributed by atoms with Crippen molar-refractivity contribution in [3.63, 3.8) is 0 Å². The number of ether oxygens (including phenoxy) is 1. The lowest BCUT2D eigenvalue weighted by molar-refractivity contribution is -0.116. The smallest absolute Gasteiger partial charge is 0.147 e. The van der Waals surface area contributed by atoms with Crippen LogP contribution in [0.2, 0.25) is 0 Å². The van der Waals surface area contributed by atoms with Gasteiger partial charge in [0.15, 0.2) is 0 Å². The van der Waals surface area contributed by atoms with Crippen LogP contribution in [0, 0.1) is 0 Å². The van der Waals surface area contributed by atoms with Crippen LogP contribution >= 0.6 is 11.8 Å². The van der Waals surface area contributed by atoms with Gasteiger partial charge in [0.1, 0.15) is 11.5 Å². The normalized spacial score (nSPS) is 11.5. The molecule has 0 aliphatic carbocycles. The molecule has 0 N–H and O–H groups in total. The number of carbonyl (C=O) groups is 1. The molecule has 0 radical (unpaired) electrons. The Kier molecular flexibility index (Phi) is 6.50. The third-order valence-electron chi connectivity index (χ3n) is 4.28. The number of benzene rings is 3. The predicted molar refractivity (Wildman–Crippen MR) is 114 cm³/mol. The van der Waals surface area contributed by atoms with Gasteiger partial charge in [-0.3, -0.25) is 4.79 Å². The number of Topliss-reactive ketones (excluding diaryl/α,β-unsaturated/α-hetero) is 1. The first-order chi connectivity index (χ1) is 13.2. The first kappa shape index (κ1) is 19.0. The van der Waals surface area contributed by atoms with Crippen molar-refractivity contribution in [2.45, 2.75) is 12.2 Å². The zero-order chi connectivity index (χ0) is 19.1. The van der Waals surface area contributed by atoms with E-state index in [4.69, 9.17) is 4.74 Å². The molecule has 1 unspecified atom stereocenters. The molecule has 1 atom stereocenters. The summed E-state index contributed by atoms with van der Waals surface area (Å²) in [4.78, 5) is 12.3. The second kappa shape index (κ2) is 9.24. The Morgan fingerprint density at radius 3 is 1.81 bits per heavy atom. The molecule has 0 aromatic heterocycles. The lowest BCUT2D eigenvalue weighted by Crippen LogP contribution is -2.04. The minimum atomic E-state index is -0.252. The molecule has 3 heteroatoms. The highest BCUT2D eigenvalue weighted by atomic mass is 32.2. The van der Waals surface area contributed by atoms with Gasteiger partial charge in [0.05, 0.1) is 12.4 Å². The largest absolute Gasteiger partial charge is 0.497 e. The molecule has 0 bridgehead atoms. The Hall–Kier alpha value is -2.78. The van der Waals surface area contributed by atoms with Gasteiger partial charge in [0, 0.05) is 0 Å². The van der Waals surface area contributed by atoms with E-state index in [1.807, 2.05) is 60.7 Å². The number of thioether (sulfide) groups is 1. The predicted octanol–water partition coefficient (Wildman–Crippen LogP) is 6.15. The molecule has 3 rings (SSSR count). The SMILES string of the molecule is COc1ccc(C(SC=C(c2ccccc2)c2ccccc2)C(C)=O)cc1. The van der Waals surface area contributed by atoms with Crippen molar-refractivity contribution in [2.75, 3.05) is 7.11 Å². The number of methoxy groups -OCH3 is 1. The highest BCUT2D eigenvalue weighted by molar-refractivity contribution is 8.03. The Morgan fingerprint density at radius 2 is 1.37 bits per heavy atom. The maximum Gasteiger partial charge on any atom is 0.147 e. The van der Waals surface area contributed by atoms with Crippen molar-refractivity contribution in [2.24, 2.45) is 0 Å². The van der Waals surface area contributed by atoms with Crippen molar-refractivity contribution in [3.05, 3.63) is 107 Å². The molecule has 2 nitrogen and oxygen atoms in total. The fourth-order valence-corrected chi connectivity index (χ4v) is 3.91. The first-order valence-electron chi connectivity index (χ1n) is 8.80. The van der Waals surface area contributed by atoms with Crippen LogP contribution in [0.5, 0.6) is 5.75 Å². The van der Waals surface area contributed by atoms with E-state index in [1.54, 1.807) is 25.8 Å². The van der Waals surface area contributed by atoms with Crippen LogP contribution in [0.1, 0.15) is 28.9 Å². The van der Waals surface area contributed by atoms with E-state index in [0.29, 0.717) is 0 Å². The van der Waals surface area contributed by atoms with Crippen LogP contribution in [0.4, 0.5) is 0 Å². The third kappa shape index (κ3) is 4.89. The average molecular weight is 375 g/mol. The van der Waals surface area contributed by atoms with Gasteiger partial charge in [-0.2, -0.15) is 0 Å². The molecule has 3 aromatic rings. The summed E-state index contributed by atoms with van der Waals surface area (Å²) in [5.74, 6) is 0.915. The summed E-state index contributed by atoms with van der Waals surface area (Å²) in [6.45, 7) is 1.64. The molecule has 0 saturated carbocycles. The van der Waals surface area contributed by atoms with Gasteiger partial charge in [-0.15, -0.1) is 11.8 Å². The van der Waals surface area contributed by atoms with Gasteiger partial charge in [-0.1, -0.05) is 72.8 Å². The summed E-state index contributed by atoms with van der Waals surface area (Å²) in [7, 11) is 1.64. The molecule has 0 spiro atoms. The van der Waals surface area contributed by atoms with E-state index in [2.05, 4.69) is 29.7 Å². The molecule has 0 amide bonds. The maximum atomic E-state index is 12.3. The van der Waals surface area contributed by atoms with Gasteiger partial charge in [-0.05, 0) is 46.7 Å². The van der Waals surface area contributed by atoms with E-state index < -0.39 is 0 Å². The van der Waals surface area contributed by atoms with Crippen LogP contribution in [-0.4, -0.2) is 12.9 Å². The second-order valence-corrected chi connectivity index (χ2v) is 7.14. The van der Waals surface area contributed by atoms with Crippen molar-refractivity contribution in [1.82, 2.24) is 0 Å². The molecule has 136 valence electrons. The number of hydrogen-bond acceptors (Lipinski definition) is 3. The molecule has 0 heterocycles. The quantitative estimate of drug-likeness (QED) is 0.496. The molecular weight excluding hydrogens is 352 g/mol. The summed E-state index contributed by atoms with van der Waals surface area (Å²) in [6.07, 6.45) is 0. The zero-order valence-corrected chi connectivity index (χ0v) is 16.3. The van der Waals surface area contributed by atoms with E-state index in [0.717, 1.165) is 28.0 Å². The molecule has 0 aliphatic heterocycles. The average Bonchev–Trinajstić information content (AvgIpc) is 2.72. The van der Waals surface area contributed by atoms with Crippen molar-refractivity contribution in [1.29, 1.82) is 0 Å². The number of ketones is 1. The van der Waals surface area contributed by atoms with Crippen LogP contribution in [0.15, 0.2) is 90.3 Å². The molecule has 3 aromatic carbocycles. The summed E-state index contributed by atoms with van der Waals surface area (Å²) in [5.41, 5.74) is 4.35. The van der Waals surface area contributed by atoms with E-state index in [1.165, 1.54) is 0 Å². The minimum Gasteiger partial charge on any atom is -0.497 e. The summed E-state index contributed by atoms with van der Waals surface area (Å²) in [5, 5.41) is 1.85. The topological polar surface area (TPSA) is 26.3 Å².